The van der Waals surface area contributed by atoms with Gasteiger partial charge in [-0.1, -0.05) is 18.2 Å². The first-order chi connectivity index (χ1) is 10.2. The zero-order chi connectivity index (χ0) is 14.7. The molecule has 21 heavy (non-hydrogen) atoms. The van der Waals surface area contributed by atoms with Crippen molar-refractivity contribution in [2.24, 2.45) is 0 Å². The summed E-state index contributed by atoms with van der Waals surface area (Å²) < 4.78 is 2.40. The summed E-state index contributed by atoms with van der Waals surface area (Å²) in [5.74, 6) is 0.238. The number of para-hydroxylation sites is 2. The third kappa shape index (κ3) is 3.05. The topological polar surface area (TPSA) is 63.0 Å². The first-order valence-corrected chi connectivity index (χ1v) is 7.18. The molecular formula is C15H13BrN4O. The summed E-state index contributed by atoms with van der Waals surface area (Å²) in [6, 6.07) is 13.3. The van der Waals surface area contributed by atoms with Crippen LogP contribution in [0.25, 0.3) is 5.69 Å². The Bertz CT molecular complexity index is 743. The molecule has 0 saturated carbocycles. The molecule has 0 fully saturated rings. The molecule has 0 spiro atoms. The smallest absolute Gasteiger partial charge is 0.138 e. The molecule has 0 aliphatic heterocycles. The number of aromatic hydroxyl groups is 1. The Hall–Kier alpha value is -2.34. The van der Waals surface area contributed by atoms with Crippen molar-refractivity contribution in [3.8, 4) is 11.4 Å². The van der Waals surface area contributed by atoms with Gasteiger partial charge in [-0.25, -0.2) is 9.67 Å². The summed E-state index contributed by atoms with van der Waals surface area (Å²) >= 11 is 3.32. The van der Waals surface area contributed by atoms with Crippen LogP contribution < -0.4 is 5.32 Å². The highest BCUT2D eigenvalue weighted by Gasteiger charge is 2.05. The molecule has 0 amide bonds. The van der Waals surface area contributed by atoms with Gasteiger partial charge in [0.1, 0.15) is 18.4 Å². The van der Waals surface area contributed by atoms with Gasteiger partial charge in [-0.05, 0) is 45.8 Å². The van der Waals surface area contributed by atoms with Crippen LogP contribution in [-0.2, 0) is 6.54 Å². The van der Waals surface area contributed by atoms with E-state index in [-0.39, 0.29) is 5.75 Å². The first-order valence-electron chi connectivity index (χ1n) is 6.39. The van der Waals surface area contributed by atoms with Gasteiger partial charge in [-0.15, -0.1) is 0 Å². The van der Waals surface area contributed by atoms with Crippen LogP contribution in [0.1, 0.15) is 5.56 Å². The molecule has 5 nitrogen and oxygen atoms in total. The molecule has 1 heterocycles. The average Bonchev–Trinajstić information content (AvgIpc) is 3.03. The second kappa shape index (κ2) is 5.97. The van der Waals surface area contributed by atoms with E-state index in [9.17, 15) is 5.11 Å². The van der Waals surface area contributed by atoms with Gasteiger partial charge in [0.15, 0.2) is 0 Å². The SMILES string of the molecule is Oc1ccc(CNc2ccccc2-n2cncn2)cc1Br. The van der Waals surface area contributed by atoms with E-state index >= 15 is 0 Å². The Labute approximate surface area is 130 Å². The predicted octanol–water partition coefficient (Wildman–Crippen LogP) is 3.35. The Morgan fingerprint density at radius 1 is 1.19 bits per heavy atom. The molecule has 0 radical (unpaired) electrons. The van der Waals surface area contributed by atoms with Crippen molar-refractivity contribution in [1.82, 2.24) is 14.8 Å². The van der Waals surface area contributed by atoms with Crippen molar-refractivity contribution in [3.05, 3.63) is 65.2 Å². The van der Waals surface area contributed by atoms with Gasteiger partial charge < -0.3 is 10.4 Å². The number of aromatic nitrogens is 3. The molecule has 2 N–H and O–H groups in total. The van der Waals surface area contributed by atoms with Gasteiger partial charge in [0.05, 0.1) is 15.8 Å². The monoisotopic (exact) mass is 344 g/mol. The van der Waals surface area contributed by atoms with Crippen LogP contribution in [0.4, 0.5) is 5.69 Å². The number of hydrogen-bond donors (Lipinski definition) is 2. The largest absolute Gasteiger partial charge is 0.507 e. The summed E-state index contributed by atoms with van der Waals surface area (Å²) in [7, 11) is 0. The maximum atomic E-state index is 9.51. The maximum Gasteiger partial charge on any atom is 0.138 e. The van der Waals surface area contributed by atoms with E-state index in [0.29, 0.717) is 11.0 Å². The molecule has 0 aliphatic carbocycles. The summed E-state index contributed by atoms with van der Waals surface area (Å²) in [4.78, 5) is 3.97. The van der Waals surface area contributed by atoms with Crippen LogP contribution >= 0.6 is 15.9 Å². The van der Waals surface area contributed by atoms with E-state index in [0.717, 1.165) is 16.9 Å². The second-order valence-electron chi connectivity index (χ2n) is 4.50. The van der Waals surface area contributed by atoms with Crippen molar-refractivity contribution in [2.45, 2.75) is 6.54 Å². The Balaban J connectivity index is 1.81. The number of halogens is 1. The molecule has 0 aliphatic rings. The zero-order valence-electron chi connectivity index (χ0n) is 11.1. The zero-order valence-corrected chi connectivity index (χ0v) is 12.7. The van der Waals surface area contributed by atoms with Crippen molar-refractivity contribution in [3.63, 3.8) is 0 Å². The van der Waals surface area contributed by atoms with Crippen LogP contribution in [0.3, 0.4) is 0 Å². The van der Waals surface area contributed by atoms with Crippen LogP contribution in [0, 0.1) is 0 Å². The van der Waals surface area contributed by atoms with Crippen molar-refractivity contribution < 1.29 is 5.11 Å². The van der Waals surface area contributed by atoms with Gasteiger partial charge in [-0.2, -0.15) is 5.10 Å². The van der Waals surface area contributed by atoms with Gasteiger partial charge in [0.25, 0.3) is 0 Å². The van der Waals surface area contributed by atoms with Crippen LogP contribution in [-0.4, -0.2) is 19.9 Å². The van der Waals surface area contributed by atoms with Gasteiger partial charge in [0, 0.05) is 6.54 Å². The van der Waals surface area contributed by atoms with Gasteiger partial charge in [-0.3, -0.25) is 0 Å². The molecule has 0 atom stereocenters. The number of rotatable bonds is 4. The molecule has 0 saturated heterocycles. The molecule has 3 rings (SSSR count). The highest BCUT2D eigenvalue weighted by atomic mass is 79.9. The molecule has 0 bridgehead atoms. The lowest BCUT2D eigenvalue weighted by Gasteiger charge is -2.12. The van der Waals surface area contributed by atoms with Crippen LogP contribution in [0.5, 0.6) is 5.75 Å². The fraction of sp³-hybridized carbons (Fsp3) is 0.0667. The quantitative estimate of drug-likeness (QED) is 0.761. The standard InChI is InChI=1S/C15H13BrN4O/c16-12-7-11(5-6-15(12)21)8-18-13-3-1-2-4-14(13)20-10-17-9-19-20/h1-7,9-10,18,21H,8H2. The maximum absolute atomic E-state index is 9.51. The molecular weight excluding hydrogens is 332 g/mol. The third-order valence-electron chi connectivity index (χ3n) is 3.06. The molecule has 1 aromatic heterocycles. The molecule has 2 aromatic carbocycles. The van der Waals surface area contributed by atoms with E-state index in [2.05, 4.69) is 31.3 Å². The van der Waals surface area contributed by atoms with E-state index in [1.165, 1.54) is 6.33 Å². The van der Waals surface area contributed by atoms with E-state index < -0.39 is 0 Å². The molecule has 0 unspecified atom stereocenters. The normalized spacial score (nSPS) is 10.5. The van der Waals surface area contributed by atoms with E-state index in [1.54, 1.807) is 17.1 Å². The minimum Gasteiger partial charge on any atom is -0.507 e. The van der Waals surface area contributed by atoms with Gasteiger partial charge >= 0.3 is 0 Å². The number of phenolic OH excluding ortho intramolecular Hbond substituents is 1. The minimum atomic E-state index is 0.238. The lowest BCUT2D eigenvalue weighted by Crippen LogP contribution is -2.04. The highest BCUT2D eigenvalue weighted by molar-refractivity contribution is 9.10. The van der Waals surface area contributed by atoms with Crippen molar-refractivity contribution in [1.29, 1.82) is 0 Å². The summed E-state index contributed by atoms with van der Waals surface area (Å²) in [5.41, 5.74) is 2.97. The predicted molar refractivity (Wildman–Crippen MR) is 84.5 cm³/mol. The molecule has 3 aromatic rings. The summed E-state index contributed by atoms with van der Waals surface area (Å²) in [6.07, 6.45) is 3.17. The third-order valence-corrected chi connectivity index (χ3v) is 3.70. The number of benzene rings is 2. The number of phenols is 1. The Morgan fingerprint density at radius 2 is 2.05 bits per heavy atom. The number of hydrogen-bond acceptors (Lipinski definition) is 4. The summed E-state index contributed by atoms with van der Waals surface area (Å²) in [6.45, 7) is 0.643. The number of nitrogens with zero attached hydrogens (tertiary/aromatic N) is 3. The summed E-state index contributed by atoms with van der Waals surface area (Å²) in [5, 5.41) is 17.0. The highest BCUT2D eigenvalue weighted by Crippen LogP contribution is 2.25. The van der Waals surface area contributed by atoms with Gasteiger partial charge in [0.2, 0.25) is 0 Å². The number of nitrogens with one attached hydrogen (secondary N) is 1. The van der Waals surface area contributed by atoms with Crippen LogP contribution in [0.2, 0.25) is 0 Å². The first kappa shape index (κ1) is 13.6. The molecule has 6 heteroatoms. The average molecular weight is 345 g/mol. The number of anilines is 1. The Morgan fingerprint density at radius 3 is 2.81 bits per heavy atom. The van der Waals surface area contributed by atoms with E-state index in [1.807, 2.05) is 36.4 Å². The minimum absolute atomic E-state index is 0.238. The van der Waals surface area contributed by atoms with Crippen molar-refractivity contribution in [2.75, 3.05) is 5.32 Å². The lowest BCUT2D eigenvalue weighted by molar-refractivity contribution is 0.471. The Kier molecular flexibility index (Phi) is 3.87. The fourth-order valence-corrected chi connectivity index (χ4v) is 2.44. The van der Waals surface area contributed by atoms with E-state index in [4.69, 9.17) is 0 Å². The lowest BCUT2D eigenvalue weighted by atomic mass is 10.2. The van der Waals surface area contributed by atoms with Crippen LogP contribution in [0.15, 0.2) is 59.6 Å². The van der Waals surface area contributed by atoms with Crippen molar-refractivity contribution >= 4 is 21.6 Å². The fourth-order valence-electron chi connectivity index (χ4n) is 2.01. The second-order valence-corrected chi connectivity index (χ2v) is 5.35. The molecule has 106 valence electrons.